The zero-order valence-electron chi connectivity index (χ0n) is 16.2. The number of carbonyl (C=O) groups is 2. The topological polar surface area (TPSA) is 76.0 Å². The van der Waals surface area contributed by atoms with E-state index in [1.807, 2.05) is 53.1 Å². The summed E-state index contributed by atoms with van der Waals surface area (Å²) in [5.74, 6) is 0.409. The number of amides is 1. The van der Waals surface area contributed by atoms with Crippen LogP contribution in [0, 0.1) is 5.41 Å². The number of fused-ring (bicyclic) bond motifs is 7. The van der Waals surface area contributed by atoms with Crippen LogP contribution in [-0.2, 0) is 15.1 Å². The molecule has 0 fully saturated rings. The summed E-state index contributed by atoms with van der Waals surface area (Å²) in [6.07, 6.45) is 1.10. The molecule has 1 aromatic heterocycles. The number of benzene rings is 2. The number of anilines is 2. The van der Waals surface area contributed by atoms with Crippen LogP contribution in [0.3, 0.4) is 0 Å². The molecule has 1 atom stereocenters. The van der Waals surface area contributed by atoms with Crippen molar-refractivity contribution in [2.24, 2.45) is 5.41 Å². The average Bonchev–Trinajstić information content (AvgIpc) is 3.16. The molecule has 1 aliphatic carbocycles. The predicted octanol–water partition coefficient (Wildman–Crippen LogP) is 3.80. The van der Waals surface area contributed by atoms with Gasteiger partial charge in [0.25, 0.3) is 5.91 Å². The van der Waals surface area contributed by atoms with E-state index in [1.165, 1.54) is 0 Å². The van der Waals surface area contributed by atoms with Crippen molar-refractivity contribution in [3.05, 3.63) is 65.4 Å². The Labute approximate surface area is 167 Å². The van der Waals surface area contributed by atoms with Crippen molar-refractivity contribution >= 4 is 34.4 Å². The fourth-order valence-electron chi connectivity index (χ4n) is 5.26. The Balaban J connectivity index is 1.78. The van der Waals surface area contributed by atoms with Gasteiger partial charge in [-0.2, -0.15) is 0 Å². The molecule has 0 saturated heterocycles. The van der Waals surface area contributed by atoms with Crippen LogP contribution in [0.5, 0.6) is 0 Å². The lowest BCUT2D eigenvalue weighted by Crippen LogP contribution is -2.51. The van der Waals surface area contributed by atoms with Crippen LogP contribution in [0.2, 0.25) is 0 Å². The van der Waals surface area contributed by atoms with Gasteiger partial charge in [-0.1, -0.05) is 44.2 Å². The van der Waals surface area contributed by atoms with Gasteiger partial charge in [-0.05, 0) is 30.0 Å². The monoisotopic (exact) mass is 384 g/mol. The van der Waals surface area contributed by atoms with Crippen LogP contribution in [-0.4, -0.2) is 21.2 Å². The van der Waals surface area contributed by atoms with Crippen molar-refractivity contribution in [2.45, 2.75) is 32.2 Å². The molecule has 0 unspecified atom stereocenters. The summed E-state index contributed by atoms with van der Waals surface area (Å²) in [5.41, 5.74) is 3.10. The van der Waals surface area contributed by atoms with Gasteiger partial charge in [0.05, 0.1) is 16.6 Å². The number of hydrogen-bond donors (Lipinski definition) is 2. The molecule has 144 valence electrons. The fraction of sp³-hybridized carbons (Fsp3) is 0.261. The van der Waals surface area contributed by atoms with Crippen molar-refractivity contribution in [3.63, 3.8) is 0 Å². The van der Waals surface area contributed by atoms with E-state index in [1.54, 1.807) is 0 Å². The second kappa shape index (κ2) is 5.14. The lowest BCUT2D eigenvalue weighted by atomic mass is 9.68. The van der Waals surface area contributed by atoms with E-state index in [0.717, 1.165) is 28.0 Å². The van der Waals surface area contributed by atoms with E-state index in [2.05, 4.69) is 24.5 Å². The van der Waals surface area contributed by atoms with E-state index < -0.39 is 5.54 Å². The van der Waals surface area contributed by atoms with E-state index >= 15 is 0 Å². The number of imidazole rings is 1. The first kappa shape index (κ1) is 16.5. The first-order valence-electron chi connectivity index (χ1n) is 9.85. The number of aromatic nitrogens is 2. The molecule has 0 bridgehead atoms. The van der Waals surface area contributed by atoms with Crippen LogP contribution in [0.4, 0.5) is 11.6 Å². The maximum Gasteiger partial charge on any atom is 0.260 e. The second-order valence-electron chi connectivity index (χ2n) is 8.89. The first-order chi connectivity index (χ1) is 13.9. The molecule has 3 heterocycles. The minimum absolute atomic E-state index is 0.0130. The van der Waals surface area contributed by atoms with Crippen LogP contribution in [0.1, 0.15) is 32.3 Å². The number of allylic oxidation sites excluding steroid dienone is 1. The normalized spacial score (nSPS) is 24.2. The van der Waals surface area contributed by atoms with E-state index in [9.17, 15) is 9.59 Å². The molecule has 29 heavy (non-hydrogen) atoms. The number of hydrogen-bond acceptors (Lipinski definition) is 4. The largest absolute Gasteiger partial charge is 0.329 e. The number of carbonyl (C=O) groups excluding carboxylic acids is 2. The van der Waals surface area contributed by atoms with Crippen LogP contribution in [0.15, 0.2) is 59.8 Å². The Bertz CT molecular complexity index is 1280. The Morgan fingerprint density at radius 1 is 0.966 bits per heavy atom. The molecule has 6 nitrogen and oxygen atoms in total. The molecule has 2 N–H and O–H groups in total. The van der Waals surface area contributed by atoms with Crippen molar-refractivity contribution in [3.8, 4) is 0 Å². The molecule has 6 heteroatoms. The molecule has 6 rings (SSSR count). The summed E-state index contributed by atoms with van der Waals surface area (Å²) >= 11 is 0. The van der Waals surface area contributed by atoms with Gasteiger partial charge in [-0.15, -0.1) is 0 Å². The number of rotatable bonds is 0. The number of Topliss-reactive ketones (excluding diaryl/α,β-unsaturated/α-hetero) is 1. The maximum atomic E-state index is 13.7. The van der Waals surface area contributed by atoms with E-state index in [0.29, 0.717) is 24.4 Å². The fourth-order valence-corrected chi connectivity index (χ4v) is 5.26. The molecule has 2 aromatic carbocycles. The Kier molecular flexibility index (Phi) is 2.93. The maximum absolute atomic E-state index is 13.7. The van der Waals surface area contributed by atoms with Crippen LogP contribution >= 0.6 is 0 Å². The van der Waals surface area contributed by atoms with Gasteiger partial charge in [0.1, 0.15) is 0 Å². The standard InChI is InChI=1S/C23H20N4O2/c1-22(2)11-16-19(18(28)12-22)23(13-7-3-4-8-14(13)24-20(23)29)27-17-10-6-5-9-15(17)25-21(27)26-16/h3-10H,11-12H2,1-2H3,(H,24,29)(H,25,26)/t23-/m1/s1. The molecule has 3 aliphatic rings. The third-order valence-electron chi connectivity index (χ3n) is 6.29. The van der Waals surface area contributed by atoms with Crippen molar-refractivity contribution in [1.82, 2.24) is 9.55 Å². The molecule has 3 aromatic rings. The highest BCUT2D eigenvalue weighted by molar-refractivity contribution is 6.17. The van der Waals surface area contributed by atoms with Gasteiger partial charge in [-0.3, -0.25) is 14.2 Å². The molecule has 1 amide bonds. The van der Waals surface area contributed by atoms with Crippen LogP contribution < -0.4 is 10.6 Å². The summed E-state index contributed by atoms with van der Waals surface area (Å²) in [7, 11) is 0. The minimum atomic E-state index is -1.24. The quantitative estimate of drug-likeness (QED) is 0.618. The molecule has 0 saturated carbocycles. The van der Waals surface area contributed by atoms with Crippen molar-refractivity contribution in [1.29, 1.82) is 0 Å². The van der Waals surface area contributed by atoms with Gasteiger partial charge in [0.15, 0.2) is 11.3 Å². The summed E-state index contributed by atoms with van der Waals surface area (Å²) in [4.78, 5) is 32.0. The lowest BCUT2D eigenvalue weighted by Gasteiger charge is -2.43. The molecule has 0 radical (unpaired) electrons. The summed E-state index contributed by atoms with van der Waals surface area (Å²) in [5, 5.41) is 6.43. The SMILES string of the molecule is CC1(C)CC(=O)C2=C(C1)Nc1nc3ccccc3n1[C@@]21C(=O)Nc2ccccc21. The Hall–Kier alpha value is -3.41. The summed E-state index contributed by atoms with van der Waals surface area (Å²) < 4.78 is 1.92. The Morgan fingerprint density at radius 2 is 1.72 bits per heavy atom. The number of nitrogens with one attached hydrogen (secondary N) is 2. The van der Waals surface area contributed by atoms with Gasteiger partial charge >= 0.3 is 0 Å². The zero-order valence-corrected chi connectivity index (χ0v) is 16.2. The van der Waals surface area contributed by atoms with Gasteiger partial charge in [0, 0.05) is 23.4 Å². The summed E-state index contributed by atoms with van der Waals surface area (Å²) in [6.45, 7) is 4.17. The summed E-state index contributed by atoms with van der Waals surface area (Å²) in [6, 6.07) is 15.4. The van der Waals surface area contributed by atoms with E-state index in [4.69, 9.17) is 4.98 Å². The highest BCUT2D eigenvalue weighted by atomic mass is 16.2. The predicted molar refractivity (Wildman–Crippen MR) is 111 cm³/mol. The minimum Gasteiger partial charge on any atom is -0.329 e. The number of para-hydroxylation sites is 3. The van der Waals surface area contributed by atoms with Gasteiger partial charge in [-0.25, -0.2) is 4.98 Å². The molecule has 1 spiro atoms. The third kappa shape index (κ3) is 1.93. The zero-order chi connectivity index (χ0) is 20.0. The van der Waals surface area contributed by atoms with E-state index in [-0.39, 0.29) is 17.1 Å². The van der Waals surface area contributed by atoms with Crippen molar-refractivity contribution < 1.29 is 9.59 Å². The highest BCUT2D eigenvalue weighted by Crippen LogP contribution is 2.54. The number of ketones is 1. The average molecular weight is 384 g/mol. The first-order valence-corrected chi connectivity index (χ1v) is 9.85. The lowest BCUT2D eigenvalue weighted by molar-refractivity contribution is -0.125. The molecule has 2 aliphatic heterocycles. The second-order valence-corrected chi connectivity index (χ2v) is 8.89. The third-order valence-corrected chi connectivity index (χ3v) is 6.29. The van der Waals surface area contributed by atoms with Crippen molar-refractivity contribution in [2.75, 3.05) is 10.6 Å². The molecular weight excluding hydrogens is 364 g/mol. The Morgan fingerprint density at radius 3 is 2.59 bits per heavy atom. The van der Waals surface area contributed by atoms with Crippen LogP contribution in [0.25, 0.3) is 11.0 Å². The number of nitrogens with zero attached hydrogens (tertiary/aromatic N) is 2. The van der Waals surface area contributed by atoms with Gasteiger partial charge in [0.2, 0.25) is 5.95 Å². The highest BCUT2D eigenvalue weighted by Gasteiger charge is 2.59. The van der Waals surface area contributed by atoms with Gasteiger partial charge < -0.3 is 10.6 Å². The molecular formula is C23H20N4O2. The smallest absolute Gasteiger partial charge is 0.260 e.